The highest BCUT2D eigenvalue weighted by atomic mass is 28.4. The second kappa shape index (κ2) is 4.46. The largest absolute Gasteiger partial charge is 0.544 e. The topological polar surface area (TPSA) is 21.3 Å². The molecule has 0 aromatic heterocycles. The first-order chi connectivity index (χ1) is 7.85. The van der Waals surface area contributed by atoms with Crippen LogP contribution in [0.5, 0.6) is 5.75 Å². The number of hydrogen-bond acceptors (Lipinski definition) is 2. The van der Waals surface area contributed by atoms with Crippen LogP contribution in [0.15, 0.2) is 18.2 Å². The Kier molecular flexibility index (Phi) is 3.32. The summed E-state index contributed by atoms with van der Waals surface area (Å²) < 4.78 is 6.06. The lowest BCUT2D eigenvalue weighted by molar-refractivity contribution is 0.443. The van der Waals surface area contributed by atoms with E-state index in [0.717, 1.165) is 12.2 Å². The molecule has 1 aromatic carbocycles. The predicted molar refractivity (Wildman–Crippen MR) is 75.1 cm³/mol. The quantitative estimate of drug-likeness (QED) is 0.810. The standard InChI is InChI=1S/C14H23NOSi/c1-10-8-12-9-13(16-17(3,4)5)6-7-14(12)11(2)15-10/h6-7,9-11,15H,8H2,1-5H3. The van der Waals surface area contributed by atoms with Crippen LogP contribution in [0.1, 0.15) is 31.0 Å². The molecule has 0 saturated heterocycles. The molecule has 17 heavy (non-hydrogen) atoms. The van der Waals surface area contributed by atoms with E-state index in [9.17, 15) is 0 Å². The van der Waals surface area contributed by atoms with Crippen molar-refractivity contribution in [2.75, 3.05) is 0 Å². The van der Waals surface area contributed by atoms with Gasteiger partial charge in [0.2, 0.25) is 8.32 Å². The van der Waals surface area contributed by atoms with Gasteiger partial charge in [-0.1, -0.05) is 6.07 Å². The van der Waals surface area contributed by atoms with E-state index >= 15 is 0 Å². The van der Waals surface area contributed by atoms with Gasteiger partial charge in [0.15, 0.2) is 0 Å². The third-order valence-electron chi connectivity index (χ3n) is 3.07. The number of rotatable bonds is 2. The van der Waals surface area contributed by atoms with Crippen molar-refractivity contribution in [3.63, 3.8) is 0 Å². The summed E-state index contributed by atoms with van der Waals surface area (Å²) in [7, 11) is -1.49. The first kappa shape index (κ1) is 12.6. The molecule has 0 saturated carbocycles. The van der Waals surface area contributed by atoms with E-state index in [0.29, 0.717) is 12.1 Å². The minimum atomic E-state index is -1.49. The van der Waals surface area contributed by atoms with Gasteiger partial charge in [0, 0.05) is 12.1 Å². The predicted octanol–water partition coefficient (Wildman–Crippen LogP) is 3.50. The molecule has 0 radical (unpaired) electrons. The monoisotopic (exact) mass is 249 g/mol. The molecule has 0 fully saturated rings. The van der Waals surface area contributed by atoms with Gasteiger partial charge in [0.25, 0.3) is 0 Å². The Labute approximate surface area is 106 Å². The van der Waals surface area contributed by atoms with Gasteiger partial charge in [-0.05, 0) is 63.2 Å². The SMILES string of the molecule is CC1Cc2cc(O[Si](C)(C)C)ccc2C(C)N1. The lowest BCUT2D eigenvalue weighted by atomic mass is 9.91. The van der Waals surface area contributed by atoms with Gasteiger partial charge in [-0.25, -0.2) is 0 Å². The number of hydrogen-bond donors (Lipinski definition) is 1. The summed E-state index contributed by atoms with van der Waals surface area (Å²) >= 11 is 0. The van der Waals surface area contributed by atoms with Crippen LogP contribution in [0, 0.1) is 0 Å². The van der Waals surface area contributed by atoms with E-state index in [-0.39, 0.29) is 0 Å². The molecule has 0 spiro atoms. The Morgan fingerprint density at radius 3 is 2.59 bits per heavy atom. The molecule has 1 aromatic rings. The molecular formula is C14H23NOSi. The van der Waals surface area contributed by atoms with Crippen molar-refractivity contribution in [2.24, 2.45) is 0 Å². The normalized spacial score (nSPS) is 24.3. The highest BCUT2D eigenvalue weighted by Gasteiger charge is 2.22. The zero-order valence-corrected chi connectivity index (χ0v) is 12.5. The van der Waals surface area contributed by atoms with Gasteiger partial charge >= 0.3 is 0 Å². The molecule has 3 heteroatoms. The molecule has 2 unspecified atom stereocenters. The molecule has 0 aliphatic carbocycles. The van der Waals surface area contributed by atoms with E-state index in [2.05, 4.69) is 57.0 Å². The van der Waals surface area contributed by atoms with Gasteiger partial charge in [-0.2, -0.15) is 0 Å². The molecule has 1 aliphatic heterocycles. The number of nitrogens with one attached hydrogen (secondary N) is 1. The maximum atomic E-state index is 6.06. The van der Waals surface area contributed by atoms with Crippen molar-refractivity contribution >= 4 is 8.32 Å². The van der Waals surface area contributed by atoms with E-state index in [4.69, 9.17) is 4.43 Å². The molecule has 94 valence electrons. The van der Waals surface area contributed by atoms with Gasteiger partial charge in [0.05, 0.1) is 0 Å². The average Bonchev–Trinajstić information content (AvgIpc) is 2.13. The van der Waals surface area contributed by atoms with Crippen molar-refractivity contribution in [3.05, 3.63) is 29.3 Å². The van der Waals surface area contributed by atoms with E-state index in [1.165, 1.54) is 11.1 Å². The van der Waals surface area contributed by atoms with Crippen LogP contribution in [0.2, 0.25) is 19.6 Å². The van der Waals surface area contributed by atoms with E-state index in [1.807, 2.05) is 0 Å². The van der Waals surface area contributed by atoms with Crippen LogP contribution in [0.4, 0.5) is 0 Å². The molecule has 2 rings (SSSR count). The van der Waals surface area contributed by atoms with Crippen molar-refractivity contribution in [1.82, 2.24) is 5.32 Å². The van der Waals surface area contributed by atoms with Gasteiger partial charge < -0.3 is 9.74 Å². The van der Waals surface area contributed by atoms with Crippen molar-refractivity contribution < 1.29 is 4.43 Å². The fourth-order valence-corrected chi connectivity index (χ4v) is 3.34. The summed E-state index contributed by atoms with van der Waals surface area (Å²) in [6.45, 7) is 11.1. The fraction of sp³-hybridized carbons (Fsp3) is 0.571. The molecule has 0 amide bonds. The molecule has 0 bridgehead atoms. The minimum Gasteiger partial charge on any atom is -0.544 e. The summed E-state index contributed by atoms with van der Waals surface area (Å²) in [5.74, 6) is 1.05. The van der Waals surface area contributed by atoms with E-state index in [1.54, 1.807) is 0 Å². The summed E-state index contributed by atoms with van der Waals surface area (Å²) in [6.07, 6.45) is 1.10. The van der Waals surface area contributed by atoms with Crippen LogP contribution >= 0.6 is 0 Å². The third kappa shape index (κ3) is 3.10. The fourth-order valence-electron chi connectivity index (χ4n) is 2.50. The highest BCUT2D eigenvalue weighted by molar-refractivity contribution is 6.70. The summed E-state index contributed by atoms with van der Waals surface area (Å²) in [5, 5.41) is 3.57. The molecular weight excluding hydrogens is 226 g/mol. The zero-order chi connectivity index (χ0) is 12.6. The Hall–Kier alpha value is -0.803. The Morgan fingerprint density at radius 2 is 1.94 bits per heavy atom. The molecule has 1 heterocycles. The maximum absolute atomic E-state index is 6.06. The van der Waals surface area contributed by atoms with Gasteiger partial charge in [-0.15, -0.1) is 0 Å². The Morgan fingerprint density at radius 1 is 1.24 bits per heavy atom. The molecule has 1 N–H and O–H groups in total. The first-order valence-corrected chi connectivity index (χ1v) is 9.84. The molecule has 2 atom stereocenters. The van der Waals surface area contributed by atoms with Crippen LogP contribution in [-0.2, 0) is 6.42 Å². The highest BCUT2D eigenvalue weighted by Crippen LogP contribution is 2.29. The molecule has 1 aliphatic rings. The summed E-state index contributed by atoms with van der Waals surface area (Å²) in [5.41, 5.74) is 2.87. The van der Waals surface area contributed by atoms with Crippen LogP contribution < -0.4 is 9.74 Å². The Balaban J connectivity index is 2.27. The average molecular weight is 249 g/mol. The first-order valence-electron chi connectivity index (χ1n) is 6.43. The van der Waals surface area contributed by atoms with Crippen molar-refractivity contribution in [1.29, 1.82) is 0 Å². The minimum absolute atomic E-state index is 0.453. The second-order valence-electron chi connectivity index (χ2n) is 6.07. The number of fused-ring (bicyclic) bond motifs is 1. The molecule has 2 nitrogen and oxygen atoms in total. The number of benzene rings is 1. The zero-order valence-electron chi connectivity index (χ0n) is 11.5. The smallest absolute Gasteiger partial charge is 0.242 e. The van der Waals surface area contributed by atoms with Crippen molar-refractivity contribution in [3.8, 4) is 5.75 Å². The van der Waals surface area contributed by atoms with Crippen molar-refractivity contribution in [2.45, 2.75) is 52.0 Å². The summed E-state index contributed by atoms with van der Waals surface area (Å²) in [6, 6.07) is 7.58. The lowest BCUT2D eigenvalue weighted by Gasteiger charge is -2.30. The maximum Gasteiger partial charge on any atom is 0.242 e. The Bertz CT molecular complexity index is 411. The summed E-state index contributed by atoms with van der Waals surface area (Å²) in [4.78, 5) is 0. The van der Waals surface area contributed by atoms with Crippen LogP contribution in [0.25, 0.3) is 0 Å². The van der Waals surface area contributed by atoms with E-state index < -0.39 is 8.32 Å². The van der Waals surface area contributed by atoms with Gasteiger partial charge in [-0.3, -0.25) is 0 Å². The van der Waals surface area contributed by atoms with Crippen LogP contribution in [0.3, 0.4) is 0 Å². The second-order valence-corrected chi connectivity index (χ2v) is 10.5. The third-order valence-corrected chi connectivity index (χ3v) is 3.91. The van der Waals surface area contributed by atoms with Gasteiger partial charge in [0.1, 0.15) is 5.75 Å². The lowest BCUT2D eigenvalue weighted by Crippen LogP contribution is -2.36. The van der Waals surface area contributed by atoms with Crippen LogP contribution in [-0.4, -0.2) is 14.4 Å².